The van der Waals surface area contributed by atoms with Crippen molar-refractivity contribution in [2.24, 2.45) is 10.2 Å². The first kappa shape index (κ1) is 47.9. The van der Waals surface area contributed by atoms with Crippen LogP contribution in [0.15, 0.2) is 79.5 Å². The molecule has 4 aromatic carbocycles. The third kappa shape index (κ3) is 8.74. The average molecular weight is 1010 g/mol. The summed E-state index contributed by atoms with van der Waals surface area (Å²) in [6, 6.07) is 15.5. The molecule has 350 valence electrons. The highest BCUT2D eigenvalue weighted by atomic mass is 32.2. The van der Waals surface area contributed by atoms with Crippen molar-refractivity contribution < 1.29 is 38.9 Å². The van der Waals surface area contributed by atoms with Crippen molar-refractivity contribution in [2.45, 2.75) is 77.0 Å². The van der Waals surface area contributed by atoms with Crippen LogP contribution in [0, 0.1) is 73.6 Å². The smallest absolute Gasteiger partial charge is 0.295 e. The van der Waals surface area contributed by atoms with E-state index in [1.807, 2.05) is 38.7 Å². The molecule has 8 aromatic rings. The van der Waals surface area contributed by atoms with Crippen LogP contribution < -0.4 is 10.2 Å². The van der Waals surface area contributed by atoms with E-state index in [1.54, 1.807) is 39.8 Å². The number of aromatic nitrogens is 5. The van der Waals surface area contributed by atoms with E-state index in [9.17, 15) is 44.2 Å². The minimum Gasteiger partial charge on any atom is -0.338 e. The van der Waals surface area contributed by atoms with E-state index in [0.717, 1.165) is 44.9 Å². The van der Waals surface area contributed by atoms with E-state index in [1.165, 1.54) is 48.0 Å². The van der Waals surface area contributed by atoms with Gasteiger partial charge in [-0.05, 0) is 149 Å². The fourth-order valence-corrected chi connectivity index (χ4v) is 12.1. The van der Waals surface area contributed by atoms with E-state index < -0.39 is 30.4 Å². The standard InChI is InChI=1S/C44H40N10O9S5/c1-20-14-23(4)39(26(7)25(20)6)53(43-46-32-12-10-29(66(55,56)57)17-34(32)64-43)36-16-22(3)38(41(48-36)49-37-21(2)15-24(5)40(27(37)8)68(61,62)63)50-51-42-31(19-45)28(9)52-54(42)44-47-33-13-11-30(67(58,59)60)18-35(33)65-44/h10-18H,1-9H3,(H,48,49)(H,55,56,57)(H,58,59,60)(H,61,62,63). The molecule has 4 N–H and O–H groups in total. The number of thiazole rings is 2. The fourth-order valence-electron chi connectivity index (χ4n) is 8.04. The third-order valence-electron chi connectivity index (χ3n) is 11.4. The van der Waals surface area contributed by atoms with Gasteiger partial charge in [-0.3, -0.25) is 18.6 Å². The van der Waals surface area contributed by atoms with E-state index in [4.69, 9.17) is 9.97 Å². The predicted octanol–water partition coefficient (Wildman–Crippen LogP) is 10.5. The summed E-state index contributed by atoms with van der Waals surface area (Å²) in [6.07, 6.45) is 0. The molecule has 0 aliphatic carbocycles. The summed E-state index contributed by atoms with van der Waals surface area (Å²) in [7, 11) is -13.8. The first-order valence-corrected chi connectivity index (χ1v) is 26.1. The van der Waals surface area contributed by atoms with Gasteiger partial charge in [-0.25, -0.2) is 15.0 Å². The number of nitrogens with zero attached hydrogens (tertiary/aromatic N) is 9. The average Bonchev–Trinajstić information content (AvgIpc) is 3.95. The molecule has 0 radical (unpaired) electrons. The molecule has 0 spiro atoms. The summed E-state index contributed by atoms with van der Waals surface area (Å²) in [5.74, 6) is 0.312. The first-order valence-electron chi connectivity index (χ1n) is 20.2. The van der Waals surface area contributed by atoms with E-state index in [-0.39, 0.29) is 59.6 Å². The maximum atomic E-state index is 12.8. The molecule has 0 bridgehead atoms. The summed E-state index contributed by atoms with van der Waals surface area (Å²) in [4.78, 5) is 15.5. The summed E-state index contributed by atoms with van der Waals surface area (Å²) in [5, 5.41) is 28.0. The number of benzene rings is 4. The number of rotatable bonds is 11. The molecule has 4 heterocycles. The summed E-state index contributed by atoms with van der Waals surface area (Å²) in [5.41, 5.74) is 7.59. The lowest BCUT2D eigenvalue weighted by atomic mass is 9.97. The highest BCUT2D eigenvalue weighted by Crippen LogP contribution is 2.46. The zero-order valence-corrected chi connectivity index (χ0v) is 41.6. The highest BCUT2D eigenvalue weighted by Gasteiger charge is 2.28. The number of pyridine rings is 1. The van der Waals surface area contributed by atoms with Gasteiger partial charge < -0.3 is 5.32 Å². The molecule has 4 aromatic heterocycles. The monoisotopic (exact) mass is 1010 g/mol. The summed E-state index contributed by atoms with van der Waals surface area (Å²) in [6.45, 7) is 16.1. The van der Waals surface area contributed by atoms with E-state index in [2.05, 4.69) is 31.7 Å². The fraction of sp³-hybridized carbons (Fsp3) is 0.205. The molecular weight excluding hydrogens is 973 g/mol. The van der Waals surface area contributed by atoms with Crippen LogP contribution in [0.5, 0.6) is 0 Å². The van der Waals surface area contributed by atoms with Crippen LogP contribution in [0.1, 0.15) is 55.8 Å². The second-order valence-electron chi connectivity index (χ2n) is 16.1. The Morgan fingerprint density at radius 3 is 1.87 bits per heavy atom. The molecule has 0 fully saturated rings. The van der Waals surface area contributed by atoms with Gasteiger partial charge in [0.05, 0.1) is 41.6 Å². The SMILES string of the molecule is Cc1cc(C)c(N(c2cc(C)c(N=Nc3c(C#N)c(C)nn3-c3nc4ccc(S(=O)(=O)O)cc4s3)c(Nc3c(C)cc(C)c(S(=O)(=O)O)c3C)n2)c2nc3ccc(S(=O)(=O)O)cc3s2)c(C)c1C. The van der Waals surface area contributed by atoms with E-state index in [0.29, 0.717) is 53.8 Å². The number of nitriles is 1. The maximum Gasteiger partial charge on any atom is 0.295 e. The second-order valence-corrected chi connectivity index (χ2v) is 22.3. The topological polar surface area (TPSA) is 283 Å². The summed E-state index contributed by atoms with van der Waals surface area (Å²) >= 11 is 2.18. The van der Waals surface area contributed by atoms with Crippen LogP contribution in [0.2, 0.25) is 0 Å². The molecule has 68 heavy (non-hydrogen) atoms. The van der Waals surface area contributed by atoms with Crippen LogP contribution in [-0.4, -0.2) is 63.6 Å². The van der Waals surface area contributed by atoms with Crippen LogP contribution in [0.3, 0.4) is 0 Å². The molecule has 8 rings (SSSR count). The Morgan fingerprint density at radius 2 is 1.26 bits per heavy atom. The van der Waals surface area contributed by atoms with Crippen molar-refractivity contribution in [2.75, 3.05) is 10.2 Å². The van der Waals surface area contributed by atoms with E-state index >= 15 is 0 Å². The second kappa shape index (κ2) is 17.2. The summed E-state index contributed by atoms with van der Waals surface area (Å²) < 4.78 is 106. The lowest BCUT2D eigenvalue weighted by Crippen LogP contribution is -2.16. The Labute approximate surface area is 398 Å². The zero-order chi connectivity index (χ0) is 49.5. The van der Waals surface area contributed by atoms with Gasteiger partial charge in [0, 0.05) is 5.69 Å². The normalized spacial score (nSPS) is 12.4. The minimum absolute atomic E-state index is 0.0356. The number of anilines is 5. The lowest BCUT2D eigenvalue weighted by molar-refractivity contribution is 0.480. The van der Waals surface area contributed by atoms with Crippen molar-refractivity contribution >= 4 is 113 Å². The van der Waals surface area contributed by atoms with Crippen LogP contribution in [0.25, 0.3) is 25.6 Å². The first-order chi connectivity index (χ1) is 31.8. The van der Waals surface area contributed by atoms with Crippen molar-refractivity contribution in [1.29, 1.82) is 5.26 Å². The van der Waals surface area contributed by atoms with Crippen molar-refractivity contribution in [1.82, 2.24) is 24.7 Å². The van der Waals surface area contributed by atoms with Gasteiger partial charge >= 0.3 is 0 Å². The van der Waals surface area contributed by atoms with Crippen molar-refractivity contribution in [3.05, 3.63) is 110 Å². The number of aryl methyl sites for hydroxylation is 6. The zero-order valence-electron chi connectivity index (χ0n) is 37.6. The number of fused-ring (bicyclic) bond motifs is 2. The van der Waals surface area contributed by atoms with Crippen molar-refractivity contribution in [3.63, 3.8) is 0 Å². The minimum atomic E-state index is -4.71. The quantitative estimate of drug-likeness (QED) is 0.0692. The van der Waals surface area contributed by atoms with Crippen LogP contribution >= 0.6 is 22.7 Å². The molecule has 19 nitrogen and oxygen atoms in total. The molecule has 0 saturated heterocycles. The maximum absolute atomic E-state index is 12.8. The predicted molar refractivity (Wildman–Crippen MR) is 260 cm³/mol. The Kier molecular flexibility index (Phi) is 12.1. The Hall–Kier alpha value is -6.56. The highest BCUT2D eigenvalue weighted by molar-refractivity contribution is 7.86. The molecule has 0 aliphatic rings. The number of hydrogen-bond donors (Lipinski definition) is 4. The Morgan fingerprint density at radius 1 is 0.662 bits per heavy atom. The Balaban J connectivity index is 1.38. The van der Waals surface area contributed by atoms with Crippen LogP contribution in [-0.2, 0) is 30.4 Å². The molecule has 0 atom stereocenters. The molecule has 0 amide bonds. The molecule has 24 heteroatoms. The van der Waals surface area contributed by atoms with Gasteiger partial charge in [-0.2, -0.15) is 40.3 Å². The number of azo groups is 1. The third-order valence-corrected chi connectivity index (χ3v) is 16.2. The molecule has 0 unspecified atom stereocenters. The number of hydrogen-bond acceptors (Lipinski definition) is 17. The number of nitrogens with one attached hydrogen (secondary N) is 1. The van der Waals surface area contributed by atoms with Gasteiger partial charge in [-0.15, -0.1) is 10.2 Å². The van der Waals surface area contributed by atoms with Gasteiger partial charge in [0.15, 0.2) is 16.8 Å². The lowest BCUT2D eigenvalue weighted by Gasteiger charge is -2.28. The van der Waals surface area contributed by atoms with Gasteiger partial charge in [-0.1, -0.05) is 34.8 Å². The molecule has 0 saturated carbocycles. The van der Waals surface area contributed by atoms with Gasteiger partial charge in [0.1, 0.15) is 28.0 Å². The Bertz CT molecular complexity index is 3890. The molecular formula is C44H40N10O9S5. The van der Waals surface area contributed by atoms with Crippen LogP contribution in [0.4, 0.5) is 39.6 Å². The molecule has 0 aliphatic heterocycles. The van der Waals surface area contributed by atoms with Crippen molar-refractivity contribution in [3.8, 4) is 11.2 Å². The van der Waals surface area contributed by atoms with Gasteiger partial charge in [0.2, 0.25) is 5.13 Å². The van der Waals surface area contributed by atoms with Gasteiger partial charge in [0.25, 0.3) is 30.4 Å². The largest absolute Gasteiger partial charge is 0.338 e.